The van der Waals surface area contributed by atoms with Gasteiger partial charge in [-0.05, 0) is 62.3 Å². The van der Waals surface area contributed by atoms with Crippen molar-refractivity contribution >= 4 is 5.91 Å². The van der Waals surface area contributed by atoms with Crippen LogP contribution in [0.1, 0.15) is 54.4 Å². The number of fused-ring (bicyclic) bond motifs is 1. The van der Waals surface area contributed by atoms with E-state index >= 15 is 0 Å². The summed E-state index contributed by atoms with van der Waals surface area (Å²) in [4.78, 5) is 15.1. The molecule has 1 saturated carbocycles. The van der Waals surface area contributed by atoms with Gasteiger partial charge in [0.05, 0.1) is 0 Å². The third kappa shape index (κ3) is 3.13. The van der Waals surface area contributed by atoms with E-state index in [4.69, 9.17) is 5.73 Å². The fourth-order valence-electron chi connectivity index (χ4n) is 4.07. The molecule has 3 heteroatoms. The van der Waals surface area contributed by atoms with Gasteiger partial charge in [-0.3, -0.25) is 4.79 Å². The standard InChI is InChI=1S/C18H26N2O/c19-11-10-14-5-3-7-16(13-14)18(21)20-12-4-8-15-6-1-2-9-17(15)20/h3,5,7,13,15,17H,1-2,4,6,8-12,19H2. The van der Waals surface area contributed by atoms with Gasteiger partial charge in [0, 0.05) is 18.2 Å². The predicted molar refractivity (Wildman–Crippen MR) is 85.2 cm³/mol. The van der Waals surface area contributed by atoms with Gasteiger partial charge in [-0.15, -0.1) is 0 Å². The number of carbonyl (C=O) groups excluding carboxylic acids is 1. The summed E-state index contributed by atoms with van der Waals surface area (Å²) < 4.78 is 0. The summed E-state index contributed by atoms with van der Waals surface area (Å²) in [6.45, 7) is 1.56. The molecule has 0 aromatic heterocycles. The average Bonchev–Trinajstić information content (AvgIpc) is 2.54. The lowest BCUT2D eigenvalue weighted by Gasteiger charge is -2.44. The summed E-state index contributed by atoms with van der Waals surface area (Å²) in [5.74, 6) is 0.967. The number of carbonyl (C=O) groups is 1. The molecule has 1 aromatic carbocycles. The smallest absolute Gasteiger partial charge is 0.254 e. The number of likely N-dealkylation sites (tertiary alicyclic amines) is 1. The fourth-order valence-corrected chi connectivity index (χ4v) is 4.07. The molecule has 1 amide bonds. The van der Waals surface area contributed by atoms with E-state index in [0.29, 0.717) is 12.6 Å². The molecule has 2 unspecified atom stereocenters. The third-order valence-corrected chi connectivity index (χ3v) is 5.11. The van der Waals surface area contributed by atoms with Crippen LogP contribution in [0.2, 0.25) is 0 Å². The summed E-state index contributed by atoms with van der Waals surface area (Å²) in [7, 11) is 0. The second-order valence-corrected chi connectivity index (χ2v) is 6.49. The zero-order valence-corrected chi connectivity index (χ0v) is 12.8. The van der Waals surface area contributed by atoms with Crippen LogP contribution in [0.5, 0.6) is 0 Å². The average molecular weight is 286 g/mol. The Morgan fingerprint density at radius 3 is 2.86 bits per heavy atom. The van der Waals surface area contributed by atoms with Gasteiger partial charge in [0.25, 0.3) is 5.91 Å². The number of nitrogens with zero attached hydrogens (tertiary/aromatic N) is 1. The molecule has 0 spiro atoms. The Bertz CT molecular complexity index is 498. The van der Waals surface area contributed by atoms with Gasteiger partial charge in [0.1, 0.15) is 0 Å². The largest absolute Gasteiger partial charge is 0.335 e. The van der Waals surface area contributed by atoms with E-state index in [9.17, 15) is 4.79 Å². The van der Waals surface area contributed by atoms with Crippen LogP contribution in [0.15, 0.2) is 24.3 Å². The van der Waals surface area contributed by atoms with Gasteiger partial charge in [-0.1, -0.05) is 25.0 Å². The maximum atomic E-state index is 12.9. The number of piperidine rings is 1. The third-order valence-electron chi connectivity index (χ3n) is 5.11. The maximum Gasteiger partial charge on any atom is 0.254 e. The van der Waals surface area contributed by atoms with Crippen LogP contribution in [-0.4, -0.2) is 29.9 Å². The van der Waals surface area contributed by atoms with Gasteiger partial charge in [0.2, 0.25) is 0 Å². The normalized spacial score (nSPS) is 25.5. The van der Waals surface area contributed by atoms with Gasteiger partial charge in [-0.2, -0.15) is 0 Å². The van der Waals surface area contributed by atoms with E-state index in [1.54, 1.807) is 0 Å². The molecular weight excluding hydrogens is 260 g/mol. The predicted octanol–water partition coefficient (Wildman–Crippen LogP) is 2.98. The molecule has 2 aliphatic rings. The van der Waals surface area contributed by atoms with Crippen LogP contribution < -0.4 is 5.73 Å². The second kappa shape index (κ2) is 6.61. The minimum Gasteiger partial charge on any atom is -0.335 e. The molecule has 3 rings (SSSR count). The first-order chi connectivity index (χ1) is 10.3. The molecule has 114 valence electrons. The van der Waals surface area contributed by atoms with Crippen LogP contribution in [0.4, 0.5) is 0 Å². The van der Waals surface area contributed by atoms with Crippen LogP contribution in [0.25, 0.3) is 0 Å². The molecule has 1 aromatic rings. The Hall–Kier alpha value is -1.35. The van der Waals surface area contributed by atoms with Crippen molar-refractivity contribution in [3.63, 3.8) is 0 Å². The zero-order chi connectivity index (χ0) is 14.7. The number of benzene rings is 1. The first-order valence-corrected chi connectivity index (χ1v) is 8.39. The molecule has 2 fully saturated rings. The van der Waals surface area contributed by atoms with Gasteiger partial charge in [-0.25, -0.2) is 0 Å². The number of hydrogen-bond donors (Lipinski definition) is 1. The van der Waals surface area contributed by atoms with Crippen LogP contribution in [0.3, 0.4) is 0 Å². The minimum atomic E-state index is 0.227. The monoisotopic (exact) mass is 286 g/mol. The molecule has 2 atom stereocenters. The van der Waals surface area contributed by atoms with Crippen LogP contribution >= 0.6 is 0 Å². The maximum absolute atomic E-state index is 12.9. The Balaban J connectivity index is 1.78. The van der Waals surface area contributed by atoms with Gasteiger partial charge >= 0.3 is 0 Å². The molecule has 0 bridgehead atoms. The molecule has 1 heterocycles. The number of hydrogen-bond acceptors (Lipinski definition) is 2. The first-order valence-electron chi connectivity index (χ1n) is 8.39. The van der Waals surface area contributed by atoms with Crippen molar-refractivity contribution in [2.45, 2.75) is 51.0 Å². The second-order valence-electron chi connectivity index (χ2n) is 6.49. The van der Waals surface area contributed by atoms with Crippen molar-refractivity contribution in [2.75, 3.05) is 13.1 Å². The minimum absolute atomic E-state index is 0.227. The van der Waals surface area contributed by atoms with Gasteiger partial charge in [0.15, 0.2) is 0 Å². The van der Waals surface area contributed by atoms with Crippen molar-refractivity contribution in [3.05, 3.63) is 35.4 Å². The van der Waals surface area contributed by atoms with E-state index in [1.165, 1.54) is 37.7 Å². The SMILES string of the molecule is NCCc1cccc(C(=O)N2CCCC3CCCCC32)c1. The molecule has 21 heavy (non-hydrogen) atoms. The number of amides is 1. The number of nitrogens with two attached hydrogens (primary N) is 1. The molecule has 2 N–H and O–H groups in total. The quantitative estimate of drug-likeness (QED) is 0.928. The summed E-state index contributed by atoms with van der Waals surface area (Å²) in [6.07, 6.45) is 8.43. The highest BCUT2D eigenvalue weighted by molar-refractivity contribution is 5.94. The first kappa shape index (κ1) is 14.6. The molecule has 3 nitrogen and oxygen atoms in total. The van der Waals surface area contributed by atoms with Crippen molar-refractivity contribution in [2.24, 2.45) is 11.7 Å². The summed E-state index contributed by atoms with van der Waals surface area (Å²) in [6, 6.07) is 8.51. The lowest BCUT2D eigenvalue weighted by Crippen LogP contribution is -2.49. The highest BCUT2D eigenvalue weighted by Gasteiger charge is 2.35. The summed E-state index contributed by atoms with van der Waals surface area (Å²) in [5, 5.41) is 0. The Labute approximate surface area is 127 Å². The lowest BCUT2D eigenvalue weighted by molar-refractivity contribution is 0.0390. The summed E-state index contributed by atoms with van der Waals surface area (Å²) >= 11 is 0. The van der Waals surface area contributed by atoms with E-state index in [2.05, 4.69) is 11.0 Å². The van der Waals surface area contributed by atoms with Crippen LogP contribution in [-0.2, 0) is 6.42 Å². The van der Waals surface area contributed by atoms with E-state index < -0.39 is 0 Å². The highest BCUT2D eigenvalue weighted by atomic mass is 16.2. The van der Waals surface area contributed by atoms with E-state index in [0.717, 1.165) is 30.9 Å². The fraction of sp³-hybridized carbons (Fsp3) is 0.611. The van der Waals surface area contributed by atoms with E-state index in [-0.39, 0.29) is 5.91 Å². The molecule has 0 radical (unpaired) electrons. The van der Waals surface area contributed by atoms with Crippen LogP contribution in [0, 0.1) is 5.92 Å². The topological polar surface area (TPSA) is 46.3 Å². The van der Waals surface area contributed by atoms with Crippen molar-refractivity contribution in [1.29, 1.82) is 0 Å². The lowest BCUT2D eigenvalue weighted by atomic mass is 9.78. The summed E-state index contributed by atoms with van der Waals surface area (Å²) in [5.41, 5.74) is 7.63. The Morgan fingerprint density at radius 1 is 1.19 bits per heavy atom. The van der Waals surface area contributed by atoms with Crippen molar-refractivity contribution in [1.82, 2.24) is 4.90 Å². The molecule has 1 aliphatic heterocycles. The zero-order valence-electron chi connectivity index (χ0n) is 12.8. The van der Waals surface area contributed by atoms with Crippen molar-refractivity contribution in [3.8, 4) is 0 Å². The molecular formula is C18H26N2O. The highest BCUT2D eigenvalue weighted by Crippen LogP contribution is 2.35. The molecule has 1 saturated heterocycles. The number of rotatable bonds is 3. The Kier molecular flexibility index (Phi) is 4.59. The Morgan fingerprint density at radius 2 is 2.00 bits per heavy atom. The van der Waals surface area contributed by atoms with Gasteiger partial charge < -0.3 is 10.6 Å². The molecule has 1 aliphatic carbocycles. The van der Waals surface area contributed by atoms with Crippen molar-refractivity contribution < 1.29 is 4.79 Å². The van der Waals surface area contributed by atoms with E-state index in [1.807, 2.05) is 18.2 Å².